The van der Waals surface area contributed by atoms with E-state index in [9.17, 15) is 26.3 Å². The standard InChI is InChI=1S/C24H20F6N8O/c1-39-12-14-3-2-8-38(14)19-9-15(24(28,29)30)20(37-36-19)17-11-33-21-16(6-7-31-22(21)35-17)34-18-5-4-13(10-32-18)23(25,26)27/h4-7,9-11,14H,2-3,8,12H2,1H3,(H,31,32,34,35). The van der Waals surface area contributed by atoms with Crippen LogP contribution in [0, 0.1) is 0 Å². The third-order valence-electron chi connectivity index (χ3n) is 6.16. The summed E-state index contributed by atoms with van der Waals surface area (Å²) >= 11 is 0. The normalized spacial score (nSPS) is 16.2. The Bertz CT molecular complexity index is 1480. The van der Waals surface area contributed by atoms with Gasteiger partial charge >= 0.3 is 12.4 Å². The first kappa shape index (κ1) is 26.5. The summed E-state index contributed by atoms with van der Waals surface area (Å²) in [5.41, 5.74) is -2.18. The third kappa shape index (κ3) is 5.53. The Morgan fingerprint density at radius 1 is 1.00 bits per heavy atom. The zero-order valence-corrected chi connectivity index (χ0v) is 20.3. The molecule has 1 aliphatic heterocycles. The number of halogens is 6. The van der Waals surface area contributed by atoms with Gasteiger partial charge in [0.05, 0.1) is 35.7 Å². The monoisotopic (exact) mass is 550 g/mol. The van der Waals surface area contributed by atoms with E-state index in [2.05, 4.69) is 35.5 Å². The molecule has 204 valence electrons. The van der Waals surface area contributed by atoms with Crippen LogP contribution in [-0.4, -0.2) is 56.4 Å². The van der Waals surface area contributed by atoms with Gasteiger partial charge in [-0.25, -0.2) is 19.9 Å². The van der Waals surface area contributed by atoms with Crippen LogP contribution in [-0.2, 0) is 17.1 Å². The van der Waals surface area contributed by atoms with Crippen molar-refractivity contribution < 1.29 is 31.1 Å². The molecule has 0 amide bonds. The molecule has 4 aromatic heterocycles. The fourth-order valence-electron chi connectivity index (χ4n) is 4.34. The summed E-state index contributed by atoms with van der Waals surface area (Å²) in [5, 5.41) is 10.8. The summed E-state index contributed by atoms with van der Waals surface area (Å²) in [6.07, 6.45) is -4.62. The molecular formula is C24H20F6N8O. The molecule has 15 heteroatoms. The first-order valence-electron chi connectivity index (χ1n) is 11.7. The van der Waals surface area contributed by atoms with Crippen molar-refractivity contribution >= 4 is 28.5 Å². The number of nitrogens with zero attached hydrogens (tertiary/aromatic N) is 7. The van der Waals surface area contributed by atoms with Gasteiger partial charge in [0, 0.05) is 26.0 Å². The van der Waals surface area contributed by atoms with Crippen LogP contribution in [0.1, 0.15) is 24.0 Å². The maximum Gasteiger partial charge on any atom is 0.418 e. The topological polar surface area (TPSA) is 102 Å². The molecule has 4 aromatic rings. The highest BCUT2D eigenvalue weighted by molar-refractivity contribution is 5.87. The molecule has 0 aliphatic carbocycles. The van der Waals surface area contributed by atoms with Crippen LogP contribution in [0.5, 0.6) is 0 Å². The first-order valence-corrected chi connectivity index (χ1v) is 11.7. The van der Waals surface area contributed by atoms with E-state index >= 15 is 0 Å². The number of ether oxygens (including phenoxy) is 1. The lowest BCUT2D eigenvalue weighted by atomic mass is 10.1. The lowest BCUT2D eigenvalue weighted by molar-refractivity contribution is -0.138. The van der Waals surface area contributed by atoms with Gasteiger partial charge in [-0.2, -0.15) is 26.3 Å². The van der Waals surface area contributed by atoms with Crippen molar-refractivity contribution in [2.24, 2.45) is 0 Å². The Hall–Kier alpha value is -4.14. The number of fused-ring (bicyclic) bond motifs is 1. The van der Waals surface area contributed by atoms with Crippen molar-refractivity contribution in [2.75, 3.05) is 30.5 Å². The minimum atomic E-state index is -4.75. The molecule has 39 heavy (non-hydrogen) atoms. The summed E-state index contributed by atoms with van der Waals surface area (Å²) in [6.45, 7) is 0.883. The van der Waals surface area contributed by atoms with E-state index in [4.69, 9.17) is 4.74 Å². The predicted molar refractivity (Wildman–Crippen MR) is 128 cm³/mol. The number of alkyl halides is 6. The number of nitrogens with one attached hydrogen (secondary N) is 1. The third-order valence-corrected chi connectivity index (χ3v) is 6.16. The molecule has 1 saturated heterocycles. The minimum Gasteiger partial charge on any atom is -0.383 e. The van der Waals surface area contributed by atoms with Crippen LogP contribution < -0.4 is 10.2 Å². The Kier molecular flexibility index (Phi) is 6.92. The van der Waals surface area contributed by atoms with E-state index in [0.717, 1.165) is 37.2 Å². The van der Waals surface area contributed by atoms with Gasteiger partial charge in [-0.3, -0.25) is 0 Å². The Morgan fingerprint density at radius 2 is 1.82 bits per heavy atom. The van der Waals surface area contributed by atoms with Crippen molar-refractivity contribution in [1.29, 1.82) is 0 Å². The fourth-order valence-corrected chi connectivity index (χ4v) is 4.34. The minimum absolute atomic E-state index is 0.0110. The predicted octanol–water partition coefficient (Wildman–Crippen LogP) is 5.27. The summed E-state index contributed by atoms with van der Waals surface area (Å²) in [6, 6.07) is 4.33. The number of pyridine rings is 2. The van der Waals surface area contributed by atoms with E-state index in [-0.39, 0.29) is 34.5 Å². The molecule has 1 aliphatic rings. The van der Waals surface area contributed by atoms with E-state index < -0.39 is 29.2 Å². The van der Waals surface area contributed by atoms with E-state index in [1.807, 2.05) is 0 Å². The number of rotatable bonds is 6. The second kappa shape index (κ2) is 10.2. The largest absolute Gasteiger partial charge is 0.418 e. The Balaban J connectivity index is 1.48. The van der Waals surface area contributed by atoms with Crippen LogP contribution in [0.2, 0.25) is 0 Å². The van der Waals surface area contributed by atoms with Gasteiger partial charge in [0.1, 0.15) is 22.7 Å². The second-order valence-electron chi connectivity index (χ2n) is 8.75. The van der Waals surface area contributed by atoms with Crippen molar-refractivity contribution in [2.45, 2.75) is 31.2 Å². The summed E-state index contributed by atoms with van der Waals surface area (Å²) in [5.74, 6) is 0.184. The zero-order valence-electron chi connectivity index (χ0n) is 20.3. The van der Waals surface area contributed by atoms with Crippen LogP contribution >= 0.6 is 0 Å². The zero-order chi connectivity index (χ0) is 27.8. The van der Waals surface area contributed by atoms with Gasteiger partial charge in [-0.1, -0.05) is 0 Å². The van der Waals surface area contributed by atoms with Crippen molar-refractivity contribution in [1.82, 2.24) is 30.1 Å². The van der Waals surface area contributed by atoms with E-state index in [0.29, 0.717) is 25.0 Å². The lowest BCUT2D eigenvalue weighted by Crippen LogP contribution is -2.34. The molecule has 1 atom stereocenters. The van der Waals surface area contributed by atoms with Gasteiger partial charge in [-0.05, 0) is 37.1 Å². The average molecular weight is 550 g/mol. The second-order valence-corrected chi connectivity index (χ2v) is 8.75. The molecule has 1 N–H and O–H groups in total. The Morgan fingerprint density at radius 3 is 2.51 bits per heavy atom. The van der Waals surface area contributed by atoms with Gasteiger partial charge in [-0.15, -0.1) is 10.2 Å². The van der Waals surface area contributed by atoms with Crippen molar-refractivity contribution in [3.05, 3.63) is 54.0 Å². The summed E-state index contributed by atoms with van der Waals surface area (Å²) in [7, 11) is 1.53. The van der Waals surface area contributed by atoms with Gasteiger partial charge < -0.3 is 15.0 Å². The van der Waals surface area contributed by atoms with Crippen molar-refractivity contribution in [3.8, 4) is 11.4 Å². The molecule has 1 unspecified atom stereocenters. The van der Waals surface area contributed by atoms with Gasteiger partial charge in [0.2, 0.25) is 0 Å². The maximum atomic E-state index is 14.1. The average Bonchev–Trinajstić information content (AvgIpc) is 3.36. The van der Waals surface area contributed by atoms with Crippen LogP contribution in [0.15, 0.2) is 42.9 Å². The number of anilines is 3. The molecule has 5 heterocycles. The maximum absolute atomic E-state index is 14.1. The first-order chi connectivity index (χ1) is 18.5. The highest BCUT2D eigenvalue weighted by atomic mass is 19.4. The van der Waals surface area contributed by atoms with E-state index in [1.54, 1.807) is 4.90 Å². The molecule has 5 rings (SSSR count). The molecule has 0 radical (unpaired) electrons. The number of hydrogen-bond donors (Lipinski definition) is 1. The van der Waals surface area contributed by atoms with Crippen LogP contribution in [0.25, 0.3) is 22.6 Å². The molecule has 0 aromatic carbocycles. The fraction of sp³-hybridized carbons (Fsp3) is 0.333. The van der Waals surface area contributed by atoms with Gasteiger partial charge in [0.25, 0.3) is 0 Å². The molecule has 1 fully saturated rings. The molecule has 0 bridgehead atoms. The smallest absolute Gasteiger partial charge is 0.383 e. The SMILES string of the molecule is COCC1CCCN1c1cc(C(F)(F)F)c(-c2cnc3c(Nc4ccc(C(F)(F)F)cn4)ccnc3n2)nn1. The number of methoxy groups -OCH3 is 1. The van der Waals surface area contributed by atoms with Crippen molar-refractivity contribution in [3.63, 3.8) is 0 Å². The lowest BCUT2D eigenvalue weighted by Gasteiger charge is -2.25. The Labute approximate surface area is 217 Å². The van der Waals surface area contributed by atoms with Gasteiger partial charge in [0.15, 0.2) is 11.5 Å². The summed E-state index contributed by atoms with van der Waals surface area (Å²) in [4.78, 5) is 18.0. The highest BCUT2D eigenvalue weighted by Gasteiger charge is 2.38. The van der Waals surface area contributed by atoms with E-state index in [1.165, 1.54) is 19.4 Å². The molecule has 0 saturated carbocycles. The molecule has 9 nitrogen and oxygen atoms in total. The van der Waals surface area contributed by atoms with Crippen LogP contribution in [0.3, 0.4) is 0 Å². The van der Waals surface area contributed by atoms with Crippen LogP contribution in [0.4, 0.5) is 43.7 Å². The molecule has 0 spiro atoms. The molecular weight excluding hydrogens is 530 g/mol. The number of hydrogen-bond acceptors (Lipinski definition) is 9. The summed E-state index contributed by atoms with van der Waals surface area (Å²) < 4.78 is 85.9. The quantitative estimate of drug-likeness (QED) is 0.322. The number of aromatic nitrogens is 6. The highest BCUT2D eigenvalue weighted by Crippen LogP contribution is 2.38.